The predicted octanol–water partition coefficient (Wildman–Crippen LogP) is 3.37. The lowest BCUT2D eigenvalue weighted by Crippen LogP contribution is -2.21. The van der Waals surface area contributed by atoms with Crippen molar-refractivity contribution in [2.24, 2.45) is 0 Å². The first kappa shape index (κ1) is 14.9. The van der Waals surface area contributed by atoms with Crippen LogP contribution in [0.1, 0.15) is 30.9 Å². The maximum atomic E-state index is 6.14. The minimum atomic E-state index is 0.386. The first-order valence-corrected chi connectivity index (χ1v) is 6.51. The summed E-state index contributed by atoms with van der Waals surface area (Å²) in [5.41, 5.74) is 2.18. The highest BCUT2D eigenvalue weighted by Gasteiger charge is 2.10. The Morgan fingerprint density at radius 3 is 2.78 bits per heavy atom. The van der Waals surface area contributed by atoms with Gasteiger partial charge in [-0.2, -0.15) is 0 Å². The third kappa shape index (κ3) is 4.25. The van der Waals surface area contributed by atoms with Crippen LogP contribution in [0.25, 0.3) is 0 Å². The lowest BCUT2D eigenvalue weighted by Gasteiger charge is -2.16. The Labute approximate surface area is 115 Å². The summed E-state index contributed by atoms with van der Waals surface area (Å²) in [6, 6.07) is 3.99. The fraction of sp³-hybridized carbons (Fsp3) is 0.467. The Balaban J connectivity index is 2.69. The summed E-state index contributed by atoms with van der Waals surface area (Å²) < 4.78 is 5.79. The molecule has 0 saturated carbocycles. The zero-order valence-corrected chi connectivity index (χ0v) is 12.0. The molecule has 0 atom stereocenters. The van der Waals surface area contributed by atoms with Crippen LogP contribution in [0.15, 0.2) is 12.1 Å². The van der Waals surface area contributed by atoms with Crippen LogP contribution < -0.4 is 10.1 Å². The quantitative estimate of drug-likeness (QED) is 0.629. The largest absolute Gasteiger partial charge is 0.492 e. The van der Waals surface area contributed by atoms with E-state index in [9.17, 15) is 0 Å². The molecule has 0 aliphatic carbocycles. The fourth-order valence-corrected chi connectivity index (χ4v) is 1.81. The van der Waals surface area contributed by atoms with Crippen LogP contribution in [0, 0.1) is 19.3 Å². The van der Waals surface area contributed by atoms with E-state index in [0.29, 0.717) is 19.1 Å². The summed E-state index contributed by atoms with van der Waals surface area (Å²) in [5, 5.41) is 3.88. The van der Waals surface area contributed by atoms with Crippen molar-refractivity contribution in [1.29, 1.82) is 0 Å². The lowest BCUT2D eigenvalue weighted by molar-refractivity contribution is 0.312. The van der Waals surface area contributed by atoms with Crippen molar-refractivity contribution < 1.29 is 4.74 Å². The van der Waals surface area contributed by atoms with Crippen LogP contribution in [-0.4, -0.2) is 19.7 Å². The molecule has 0 aliphatic heterocycles. The minimum absolute atomic E-state index is 0.386. The van der Waals surface area contributed by atoms with E-state index in [-0.39, 0.29) is 0 Å². The van der Waals surface area contributed by atoms with Crippen molar-refractivity contribution in [2.45, 2.75) is 26.7 Å². The fourth-order valence-electron chi connectivity index (χ4n) is 1.64. The van der Waals surface area contributed by atoms with Crippen LogP contribution in [0.2, 0.25) is 5.02 Å². The van der Waals surface area contributed by atoms with Crippen molar-refractivity contribution in [2.75, 3.05) is 19.7 Å². The summed E-state index contributed by atoms with van der Waals surface area (Å²) in [6.07, 6.45) is 5.15. The van der Waals surface area contributed by atoms with Gasteiger partial charge in [-0.15, -0.1) is 6.42 Å². The number of hydrogen-bond donors (Lipinski definition) is 1. The molecule has 0 amide bonds. The molecule has 1 aromatic rings. The first-order valence-electron chi connectivity index (χ1n) is 6.13. The molecule has 1 N–H and O–H groups in total. The zero-order valence-electron chi connectivity index (χ0n) is 11.2. The van der Waals surface area contributed by atoms with Crippen molar-refractivity contribution in [3.05, 3.63) is 28.3 Å². The number of benzene rings is 1. The first-order chi connectivity index (χ1) is 8.56. The minimum Gasteiger partial charge on any atom is -0.492 e. The molecule has 18 heavy (non-hydrogen) atoms. The van der Waals surface area contributed by atoms with Gasteiger partial charge in [0, 0.05) is 11.6 Å². The van der Waals surface area contributed by atoms with E-state index in [2.05, 4.69) is 25.1 Å². The van der Waals surface area contributed by atoms with Gasteiger partial charge in [0.15, 0.2) is 0 Å². The molecule has 98 valence electrons. The zero-order chi connectivity index (χ0) is 13.5. The standard InChI is InChI=1S/C15H20ClNO/c1-5-6-17-7-8-18-15-9-12(4)14(16)10-13(15)11(2)3/h1,9-11,17H,6-8H2,2-4H3. The van der Waals surface area contributed by atoms with Crippen LogP contribution >= 0.6 is 11.6 Å². The maximum absolute atomic E-state index is 6.14. The van der Waals surface area contributed by atoms with Crippen molar-refractivity contribution in [3.63, 3.8) is 0 Å². The van der Waals surface area contributed by atoms with Crippen molar-refractivity contribution in [1.82, 2.24) is 5.32 Å². The number of nitrogens with one attached hydrogen (secondary N) is 1. The van der Waals surface area contributed by atoms with Crippen LogP contribution in [0.3, 0.4) is 0 Å². The van der Waals surface area contributed by atoms with E-state index >= 15 is 0 Å². The summed E-state index contributed by atoms with van der Waals surface area (Å²) >= 11 is 6.14. The smallest absolute Gasteiger partial charge is 0.123 e. The highest BCUT2D eigenvalue weighted by Crippen LogP contribution is 2.31. The van der Waals surface area contributed by atoms with Gasteiger partial charge in [0.05, 0.1) is 6.54 Å². The van der Waals surface area contributed by atoms with Gasteiger partial charge < -0.3 is 10.1 Å². The molecule has 0 bridgehead atoms. The molecule has 0 aliphatic rings. The number of hydrogen-bond acceptors (Lipinski definition) is 2. The van der Waals surface area contributed by atoms with E-state index in [1.807, 2.05) is 19.1 Å². The lowest BCUT2D eigenvalue weighted by atomic mass is 10.0. The summed E-state index contributed by atoms with van der Waals surface area (Å²) in [5.74, 6) is 3.83. The summed E-state index contributed by atoms with van der Waals surface area (Å²) in [6.45, 7) is 8.15. The van der Waals surface area contributed by atoms with Crippen LogP contribution in [-0.2, 0) is 0 Å². The second-order valence-corrected chi connectivity index (χ2v) is 4.93. The Morgan fingerprint density at radius 1 is 1.44 bits per heavy atom. The molecule has 1 rings (SSSR count). The van der Waals surface area contributed by atoms with Gasteiger partial charge in [-0.05, 0) is 36.1 Å². The third-order valence-corrected chi connectivity index (χ3v) is 3.08. The molecule has 0 radical (unpaired) electrons. The molecular weight excluding hydrogens is 246 g/mol. The van der Waals surface area contributed by atoms with E-state index in [1.54, 1.807) is 0 Å². The van der Waals surface area contributed by atoms with Gasteiger partial charge in [0.2, 0.25) is 0 Å². The Hall–Kier alpha value is -1.17. The summed E-state index contributed by atoms with van der Waals surface area (Å²) in [7, 11) is 0. The molecule has 0 unspecified atom stereocenters. The van der Waals surface area contributed by atoms with Gasteiger partial charge in [-0.1, -0.05) is 31.4 Å². The normalized spacial score (nSPS) is 10.4. The molecule has 2 nitrogen and oxygen atoms in total. The molecule has 1 aromatic carbocycles. The second kappa shape index (κ2) is 7.31. The average molecular weight is 266 g/mol. The van der Waals surface area contributed by atoms with E-state index in [4.69, 9.17) is 22.8 Å². The highest BCUT2D eigenvalue weighted by molar-refractivity contribution is 6.31. The molecule has 0 fully saturated rings. The monoisotopic (exact) mass is 265 g/mol. The number of rotatable bonds is 6. The van der Waals surface area contributed by atoms with Crippen molar-refractivity contribution >= 4 is 11.6 Å². The average Bonchev–Trinajstić information content (AvgIpc) is 2.32. The molecule has 0 spiro atoms. The number of ether oxygens (including phenoxy) is 1. The Bertz CT molecular complexity index is 435. The Morgan fingerprint density at radius 2 is 2.17 bits per heavy atom. The highest BCUT2D eigenvalue weighted by atomic mass is 35.5. The predicted molar refractivity (Wildman–Crippen MR) is 77.5 cm³/mol. The van der Waals surface area contributed by atoms with Gasteiger partial charge >= 0.3 is 0 Å². The topological polar surface area (TPSA) is 21.3 Å². The number of aryl methyl sites for hydroxylation is 1. The molecular formula is C15H20ClNO. The maximum Gasteiger partial charge on any atom is 0.123 e. The van der Waals surface area contributed by atoms with E-state index in [0.717, 1.165) is 28.4 Å². The van der Waals surface area contributed by atoms with Crippen LogP contribution in [0.5, 0.6) is 5.75 Å². The number of terminal acetylenes is 1. The Kier molecular flexibility index (Phi) is 6.04. The number of halogens is 1. The summed E-state index contributed by atoms with van der Waals surface area (Å²) in [4.78, 5) is 0. The van der Waals surface area contributed by atoms with Gasteiger partial charge in [0.1, 0.15) is 12.4 Å². The molecule has 0 aromatic heterocycles. The van der Waals surface area contributed by atoms with E-state index in [1.165, 1.54) is 0 Å². The van der Waals surface area contributed by atoms with Crippen LogP contribution in [0.4, 0.5) is 0 Å². The van der Waals surface area contributed by atoms with Gasteiger partial charge in [-0.25, -0.2) is 0 Å². The second-order valence-electron chi connectivity index (χ2n) is 4.52. The third-order valence-electron chi connectivity index (χ3n) is 2.68. The van der Waals surface area contributed by atoms with Gasteiger partial charge in [0.25, 0.3) is 0 Å². The molecule has 0 saturated heterocycles. The SMILES string of the molecule is C#CCNCCOc1cc(C)c(Cl)cc1C(C)C. The van der Waals surface area contributed by atoms with Gasteiger partial charge in [-0.3, -0.25) is 0 Å². The van der Waals surface area contributed by atoms with E-state index < -0.39 is 0 Å². The molecule has 3 heteroatoms. The molecule has 0 heterocycles. The van der Waals surface area contributed by atoms with Crippen molar-refractivity contribution in [3.8, 4) is 18.1 Å².